The van der Waals surface area contributed by atoms with Gasteiger partial charge in [-0.1, -0.05) is 6.07 Å². The lowest BCUT2D eigenvalue weighted by molar-refractivity contribution is 0.102. The van der Waals surface area contributed by atoms with E-state index in [9.17, 15) is 13.6 Å². The molecule has 3 heterocycles. The van der Waals surface area contributed by atoms with Gasteiger partial charge in [0.05, 0.1) is 11.7 Å². The number of amides is 1. The molecule has 0 bridgehead atoms. The van der Waals surface area contributed by atoms with Gasteiger partial charge >= 0.3 is 0 Å². The van der Waals surface area contributed by atoms with Crippen molar-refractivity contribution in [1.82, 2.24) is 19.4 Å². The van der Waals surface area contributed by atoms with Crippen LogP contribution in [0.25, 0.3) is 11.2 Å². The molecule has 0 fully saturated rings. The minimum Gasteiger partial charge on any atom is -0.382 e. The Labute approximate surface area is 145 Å². The fourth-order valence-electron chi connectivity index (χ4n) is 2.67. The lowest BCUT2D eigenvalue weighted by atomic mass is 10.2. The van der Waals surface area contributed by atoms with Crippen molar-refractivity contribution in [3.8, 4) is 5.69 Å². The Hall–Kier alpha value is -3.75. The summed E-state index contributed by atoms with van der Waals surface area (Å²) in [7, 11) is 0. The van der Waals surface area contributed by atoms with E-state index in [1.54, 1.807) is 24.4 Å². The highest BCUT2D eigenvalue weighted by atomic mass is 19.1. The lowest BCUT2D eigenvalue weighted by Crippen LogP contribution is -2.16. The number of rotatable bonds is 3. The third-order valence-electron chi connectivity index (χ3n) is 3.82. The maximum absolute atomic E-state index is 14.0. The predicted molar refractivity (Wildman–Crippen MR) is 91.0 cm³/mol. The second kappa shape index (κ2) is 5.96. The Morgan fingerprint density at radius 2 is 2.00 bits per heavy atom. The highest BCUT2D eigenvalue weighted by molar-refractivity contribution is 6.12. The van der Waals surface area contributed by atoms with Crippen molar-refractivity contribution in [3.63, 3.8) is 0 Å². The molecule has 0 saturated carbocycles. The van der Waals surface area contributed by atoms with Gasteiger partial charge in [-0.15, -0.1) is 5.10 Å². The van der Waals surface area contributed by atoms with E-state index in [2.05, 4.69) is 15.5 Å². The third kappa shape index (κ3) is 2.55. The Morgan fingerprint density at radius 3 is 2.81 bits per heavy atom. The average molecular weight is 354 g/mol. The molecule has 0 atom stereocenters. The monoisotopic (exact) mass is 354 g/mol. The molecule has 0 spiro atoms. The van der Waals surface area contributed by atoms with Gasteiger partial charge in [0, 0.05) is 18.3 Å². The summed E-state index contributed by atoms with van der Waals surface area (Å²) in [6, 6.07) is 9.79. The molecule has 3 N–H and O–H groups in total. The van der Waals surface area contributed by atoms with Crippen LogP contribution in [0.2, 0.25) is 0 Å². The zero-order chi connectivity index (χ0) is 18.3. The molecule has 4 rings (SSSR count). The van der Waals surface area contributed by atoms with Crippen molar-refractivity contribution in [1.29, 1.82) is 0 Å². The van der Waals surface area contributed by atoms with Crippen molar-refractivity contribution in [2.45, 2.75) is 0 Å². The van der Waals surface area contributed by atoms with E-state index in [1.807, 2.05) is 0 Å². The summed E-state index contributed by atoms with van der Waals surface area (Å²) in [4.78, 5) is 12.7. The number of nitrogens with zero attached hydrogens (tertiary/aromatic N) is 4. The molecular formula is C17H12F2N6O. The van der Waals surface area contributed by atoms with Gasteiger partial charge in [-0.2, -0.15) is 5.10 Å². The predicted octanol–water partition coefficient (Wildman–Crippen LogP) is 2.63. The summed E-state index contributed by atoms with van der Waals surface area (Å²) in [5.41, 5.74) is 6.58. The second-order valence-electron chi connectivity index (χ2n) is 5.47. The van der Waals surface area contributed by atoms with E-state index in [4.69, 9.17) is 5.73 Å². The molecule has 26 heavy (non-hydrogen) atoms. The quantitative estimate of drug-likeness (QED) is 0.592. The number of hydrogen-bond donors (Lipinski definition) is 2. The first-order valence-corrected chi connectivity index (χ1v) is 7.58. The molecular weight excluding hydrogens is 342 g/mol. The molecule has 7 nitrogen and oxygen atoms in total. The number of carbonyl (C=O) groups is 1. The number of aromatic nitrogens is 4. The Kier molecular flexibility index (Phi) is 3.61. The minimum atomic E-state index is -0.806. The van der Waals surface area contributed by atoms with Crippen LogP contribution in [0.1, 0.15) is 10.4 Å². The standard InChI is InChI=1S/C17H12F2N6O/c18-10-4-5-12(11(19)9-10)25-14(6-7-21-25)22-17(26)15-13-3-1-2-8-24(13)23-16(15)20/h1-9H,(H2,20,23)(H,22,26). The van der Waals surface area contributed by atoms with Crippen LogP contribution in [0.4, 0.5) is 20.4 Å². The molecule has 3 aromatic heterocycles. The Balaban J connectivity index is 1.71. The number of pyridine rings is 1. The van der Waals surface area contributed by atoms with Gasteiger partial charge < -0.3 is 11.1 Å². The van der Waals surface area contributed by atoms with Gasteiger partial charge in [-0.3, -0.25) is 4.79 Å². The first kappa shape index (κ1) is 15.8. The molecule has 0 saturated heterocycles. The van der Waals surface area contributed by atoms with Crippen molar-refractivity contribution >= 4 is 23.1 Å². The molecule has 0 aliphatic carbocycles. The summed E-state index contributed by atoms with van der Waals surface area (Å²) in [5.74, 6) is -1.77. The van der Waals surface area contributed by atoms with Gasteiger partial charge in [0.1, 0.15) is 22.9 Å². The van der Waals surface area contributed by atoms with Crippen molar-refractivity contribution in [2.24, 2.45) is 0 Å². The summed E-state index contributed by atoms with van der Waals surface area (Å²) >= 11 is 0. The summed E-state index contributed by atoms with van der Waals surface area (Å²) in [6.45, 7) is 0. The van der Waals surface area contributed by atoms with Crippen LogP contribution in [-0.2, 0) is 0 Å². The minimum absolute atomic E-state index is 0.000430. The number of benzene rings is 1. The maximum atomic E-state index is 14.0. The first-order valence-electron chi connectivity index (χ1n) is 7.58. The van der Waals surface area contributed by atoms with Gasteiger partial charge in [0.25, 0.3) is 5.91 Å². The second-order valence-corrected chi connectivity index (χ2v) is 5.47. The van der Waals surface area contributed by atoms with Gasteiger partial charge in [0.15, 0.2) is 11.6 Å². The van der Waals surface area contributed by atoms with Crippen LogP contribution in [-0.4, -0.2) is 25.3 Å². The number of nitrogens with two attached hydrogens (primary N) is 1. The zero-order valence-electron chi connectivity index (χ0n) is 13.2. The van der Waals surface area contributed by atoms with E-state index in [0.29, 0.717) is 5.52 Å². The number of fused-ring (bicyclic) bond motifs is 1. The highest BCUT2D eigenvalue weighted by Gasteiger charge is 2.20. The topological polar surface area (TPSA) is 90.2 Å². The van der Waals surface area contributed by atoms with Crippen molar-refractivity contribution < 1.29 is 13.6 Å². The zero-order valence-corrected chi connectivity index (χ0v) is 13.2. The number of nitrogens with one attached hydrogen (secondary N) is 1. The SMILES string of the molecule is Nc1nn2ccccc2c1C(=O)Nc1ccnn1-c1ccc(F)cc1F. The number of nitrogen functional groups attached to an aromatic ring is 1. The van der Waals surface area contributed by atoms with Crippen LogP contribution < -0.4 is 11.1 Å². The fraction of sp³-hybridized carbons (Fsp3) is 0. The molecule has 0 unspecified atom stereocenters. The van der Waals surface area contributed by atoms with Crippen LogP contribution in [0.15, 0.2) is 54.9 Å². The van der Waals surface area contributed by atoms with Gasteiger partial charge in [0.2, 0.25) is 0 Å². The van der Waals surface area contributed by atoms with E-state index in [0.717, 1.165) is 16.8 Å². The van der Waals surface area contributed by atoms with Crippen LogP contribution >= 0.6 is 0 Å². The highest BCUT2D eigenvalue weighted by Crippen LogP contribution is 2.22. The summed E-state index contributed by atoms with van der Waals surface area (Å²) < 4.78 is 29.8. The molecule has 1 aromatic carbocycles. The van der Waals surface area contributed by atoms with Crippen LogP contribution in [0.5, 0.6) is 0 Å². The normalized spacial score (nSPS) is 11.0. The smallest absolute Gasteiger partial charge is 0.262 e. The van der Waals surface area contributed by atoms with Crippen LogP contribution in [0, 0.1) is 11.6 Å². The molecule has 0 aliphatic rings. The van der Waals surface area contributed by atoms with Gasteiger partial charge in [-0.05, 0) is 24.3 Å². The molecule has 0 aliphatic heterocycles. The Morgan fingerprint density at radius 1 is 1.15 bits per heavy atom. The lowest BCUT2D eigenvalue weighted by Gasteiger charge is -2.09. The third-order valence-corrected chi connectivity index (χ3v) is 3.82. The maximum Gasteiger partial charge on any atom is 0.262 e. The molecule has 130 valence electrons. The molecule has 4 aromatic rings. The fourth-order valence-corrected chi connectivity index (χ4v) is 2.67. The van der Waals surface area contributed by atoms with Crippen molar-refractivity contribution in [3.05, 3.63) is 72.1 Å². The van der Waals surface area contributed by atoms with E-state index in [1.165, 1.54) is 22.8 Å². The molecule has 0 radical (unpaired) electrons. The number of hydrogen-bond acceptors (Lipinski definition) is 4. The van der Waals surface area contributed by atoms with E-state index in [-0.39, 0.29) is 22.9 Å². The van der Waals surface area contributed by atoms with Gasteiger partial charge in [-0.25, -0.2) is 18.0 Å². The molecule has 9 heteroatoms. The number of carbonyl (C=O) groups excluding carboxylic acids is 1. The Bertz CT molecular complexity index is 1130. The largest absolute Gasteiger partial charge is 0.382 e. The van der Waals surface area contributed by atoms with Crippen molar-refractivity contribution in [2.75, 3.05) is 11.1 Å². The van der Waals surface area contributed by atoms with E-state index >= 15 is 0 Å². The average Bonchev–Trinajstić information content (AvgIpc) is 3.18. The summed E-state index contributed by atoms with van der Waals surface area (Å²) in [5, 5.41) is 10.7. The summed E-state index contributed by atoms with van der Waals surface area (Å²) in [6.07, 6.45) is 3.05. The number of anilines is 2. The number of halogens is 2. The molecule has 1 amide bonds. The first-order chi connectivity index (χ1) is 12.5. The van der Waals surface area contributed by atoms with Crippen LogP contribution in [0.3, 0.4) is 0 Å². The van der Waals surface area contributed by atoms with E-state index < -0.39 is 17.5 Å².